The van der Waals surface area contributed by atoms with Crippen LogP contribution in [0.2, 0.25) is 0 Å². The Bertz CT molecular complexity index is 757. The van der Waals surface area contributed by atoms with Crippen LogP contribution in [0.25, 0.3) is 0 Å². The molecule has 0 radical (unpaired) electrons. The summed E-state index contributed by atoms with van der Waals surface area (Å²) in [7, 11) is 1.34. The molecule has 6 heteroatoms. The second kappa shape index (κ2) is 7.68. The third kappa shape index (κ3) is 3.78. The molecule has 5 nitrogen and oxygen atoms in total. The number of fused-ring (bicyclic) bond motifs is 2. The zero-order valence-electron chi connectivity index (χ0n) is 16.2. The van der Waals surface area contributed by atoms with Crippen LogP contribution in [0.5, 0.6) is 0 Å². The molecule has 0 unspecified atom stereocenters. The molecule has 2 heterocycles. The Kier molecular flexibility index (Phi) is 5.68. The van der Waals surface area contributed by atoms with Gasteiger partial charge in [-0.2, -0.15) is 0 Å². The first kappa shape index (κ1) is 20.0. The predicted octanol–water partition coefficient (Wildman–Crippen LogP) is 4.12. The highest BCUT2D eigenvalue weighted by molar-refractivity contribution is 7.99. The molecular formula is C21H26O5S. The third-order valence-electron chi connectivity index (χ3n) is 5.37. The van der Waals surface area contributed by atoms with Crippen LogP contribution in [-0.4, -0.2) is 36.0 Å². The lowest BCUT2D eigenvalue weighted by Crippen LogP contribution is -2.49. The van der Waals surface area contributed by atoms with Gasteiger partial charge in [0.15, 0.2) is 0 Å². The Balaban J connectivity index is 1.97. The lowest BCUT2D eigenvalue weighted by Gasteiger charge is -2.43. The summed E-state index contributed by atoms with van der Waals surface area (Å²) in [6.45, 7) is 5.41. The van der Waals surface area contributed by atoms with Gasteiger partial charge in [-0.1, -0.05) is 32.0 Å². The Morgan fingerprint density at radius 1 is 1.22 bits per heavy atom. The zero-order valence-corrected chi connectivity index (χ0v) is 17.1. The highest BCUT2D eigenvalue weighted by Gasteiger charge is 2.60. The topological polar surface area (TPSA) is 61.8 Å². The third-order valence-corrected chi connectivity index (χ3v) is 6.65. The van der Waals surface area contributed by atoms with E-state index in [1.807, 2.05) is 32.0 Å². The summed E-state index contributed by atoms with van der Waals surface area (Å²) in [5, 5.41) is 0. The summed E-state index contributed by atoms with van der Waals surface area (Å²) < 4.78 is 17.2. The van der Waals surface area contributed by atoms with Crippen molar-refractivity contribution in [2.45, 2.75) is 56.1 Å². The van der Waals surface area contributed by atoms with E-state index in [1.54, 1.807) is 11.8 Å². The number of hydrogen-bond acceptors (Lipinski definition) is 6. The fraction of sp³-hybridized carbons (Fsp3) is 0.524. The van der Waals surface area contributed by atoms with Crippen molar-refractivity contribution in [3.05, 3.63) is 41.7 Å². The predicted molar refractivity (Wildman–Crippen MR) is 103 cm³/mol. The maximum absolute atomic E-state index is 12.6. The van der Waals surface area contributed by atoms with Crippen LogP contribution in [0.1, 0.15) is 40.0 Å². The van der Waals surface area contributed by atoms with Gasteiger partial charge in [0.25, 0.3) is 0 Å². The largest absolute Gasteiger partial charge is 0.465 e. The van der Waals surface area contributed by atoms with Gasteiger partial charge in [-0.15, -0.1) is 11.8 Å². The molecule has 0 aromatic heterocycles. The molecule has 2 atom stereocenters. The number of carbonyl (C=O) groups excluding carboxylic acids is 2. The maximum atomic E-state index is 12.6. The second-order valence-electron chi connectivity index (χ2n) is 7.49. The molecular weight excluding hydrogens is 364 g/mol. The van der Waals surface area contributed by atoms with Crippen molar-refractivity contribution in [2.24, 2.45) is 5.92 Å². The van der Waals surface area contributed by atoms with E-state index in [4.69, 9.17) is 14.2 Å². The van der Waals surface area contributed by atoms with Crippen LogP contribution in [0.3, 0.4) is 0 Å². The van der Waals surface area contributed by atoms with E-state index in [9.17, 15) is 9.59 Å². The van der Waals surface area contributed by atoms with Gasteiger partial charge in [0.05, 0.1) is 12.7 Å². The zero-order chi connectivity index (χ0) is 19.7. The first-order chi connectivity index (χ1) is 12.8. The number of carbonyl (C=O) groups is 2. The Morgan fingerprint density at radius 3 is 2.52 bits per heavy atom. The minimum Gasteiger partial charge on any atom is -0.465 e. The summed E-state index contributed by atoms with van der Waals surface area (Å²) in [6.07, 6.45) is 1.90. The van der Waals surface area contributed by atoms with Gasteiger partial charge in [0.2, 0.25) is 0 Å². The number of ether oxygens (including phenoxy) is 3. The Labute approximate surface area is 164 Å². The average molecular weight is 391 g/mol. The van der Waals surface area contributed by atoms with Crippen LogP contribution >= 0.6 is 11.8 Å². The summed E-state index contributed by atoms with van der Waals surface area (Å²) in [5.41, 5.74) is -0.881. The van der Waals surface area contributed by atoms with Crippen LogP contribution < -0.4 is 0 Å². The quantitative estimate of drug-likeness (QED) is 0.538. The standard InChI is InChI=1S/C21H26O5S/c1-14(2)21-11-10-20(26-21,13-27-16-8-6-5-7-9-16)12-17(25-15(3)22)18(21)19(23)24-4/h5-9,14H,10-13H2,1-4H3/t20-,21-/m1/s1. The first-order valence-corrected chi connectivity index (χ1v) is 10.2. The average Bonchev–Trinajstić information content (AvgIpc) is 2.95. The van der Waals surface area contributed by atoms with Crippen LogP contribution in [-0.2, 0) is 23.8 Å². The number of hydrogen-bond donors (Lipinski definition) is 0. The minimum atomic E-state index is -0.784. The van der Waals surface area contributed by atoms with E-state index in [0.717, 1.165) is 17.1 Å². The van der Waals surface area contributed by atoms with Crippen LogP contribution in [0.4, 0.5) is 0 Å². The van der Waals surface area contributed by atoms with E-state index in [1.165, 1.54) is 14.0 Å². The number of rotatable bonds is 6. The summed E-state index contributed by atoms with van der Waals surface area (Å²) in [5.74, 6) is 0.259. The summed E-state index contributed by atoms with van der Waals surface area (Å²) in [4.78, 5) is 25.5. The van der Waals surface area contributed by atoms with Gasteiger partial charge < -0.3 is 14.2 Å². The molecule has 1 aromatic carbocycles. The molecule has 2 bridgehead atoms. The number of thioether (sulfide) groups is 1. The highest BCUT2D eigenvalue weighted by atomic mass is 32.2. The van der Waals surface area contributed by atoms with E-state index >= 15 is 0 Å². The van der Waals surface area contributed by atoms with Crippen molar-refractivity contribution in [3.63, 3.8) is 0 Å². The lowest BCUT2D eigenvalue weighted by molar-refractivity contribution is -0.154. The highest BCUT2D eigenvalue weighted by Crippen LogP contribution is 2.55. The van der Waals surface area contributed by atoms with Gasteiger partial charge in [-0.3, -0.25) is 4.79 Å². The normalized spacial score (nSPS) is 27.0. The molecule has 27 heavy (non-hydrogen) atoms. The second-order valence-corrected chi connectivity index (χ2v) is 8.54. The maximum Gasteiger partial charge on any atom is 0.340 e. The first-order valence-electron chi connectivity index (χ1n) is 9.20. The molecule has 0 amide bonds. The SMILES string of the molecule is COC(=O)C1=C(OC(C)=O)C[C@@]2(CSc3ccccc3)CC[C@]1(C(C)C)O2. The lowest BCUT2D eigenvalue weighted by atomic mass is 9.80. The van der Waals surface area contributed by atoms with Crippen molar-refractivity contribution in [1.29, 1.82) is 0 Å². The smallest absolute Gasteiger partial charge is 0.340 e. The van der Waals surface area contributed by atoms with Crippen molar-refractivity contribution >= 4 is 23.7 Å². The number of methoxy groups -OCH3 is 1. The van der Waals surface area contributed by atoms with Crippen molar-refractivity contribution in [3.8, 4) is 0 Å². The molecule has 3 rings (SSSR count). The van der Waals surface area contributed by atoms with E-state index in [-0.39, 0.29) is 5.92 Å². The molecule has 0 aliphatic carbocycles. The fourth-order valence-corrected chi connectivity index (χ4v) is 5.13. The molecule has 2 aliphatic rings. The molecule has 0 saturated carbocycles. The summed E-state index contributed by atoms with van der Waals surface area (Å²) in [6, 6.07) is 10.1. The number of benzene rings is 1. The van der Waals surface area contributed by atoms with Gasteiger partial charge in [0, 0.05) is 24.0 Å². The van der Waals surface area contributed by atoms with E-state index in [0.29, 0.717) is 24.2 Å². The van der Waals surface area contributed by atoms with E-state index < -0.39 is 23.1 Å². The molecule has 1 aromatic rings. The van der Waals surface area contributed by atoms with E-state index in [2.05, 4.69) is 12.1 Å². The molecule has 1 saturated heterocycles. The number of esters is 2. The van der Waals surface area contributed by atoms with Crippen molar-refractivity contribution < 1.29 is 23.8 Å². The minimum absolute atomic E-state index is 0.0426. The fourth-order valence-electron chi connectivity index (χ4n) is 4.05. The molecule has 146 valence electrons. The Morgan fingerprint density at radius 2 is 1.93 bits per heavy atom. The van der Waals surface area contributed by atoms with Gasteiger partial charge in [-0.25, -0.2) is 4.79 Å². The van der Waals surface area contributed by atoms with Crippen molar-refractivity contribution in [2.75, 3.05) is 12.9 Å². The van der Waals surface area contributed by atoms with Crippen molar-refractivity contribution in [1.82, 2.24) is 0 Å². The molecule has 0 spiro atoms. The van der Waals surface area contributed by atoms with Gasteiger partial charge in [-0.05, 0) is 30.9 Å². The monoisotopic (exact) mass is 390 g/mol. The van der Waals surface area contributed by atoms with Gasteiger partial charge >= 0.3 is 11.9 Å². The van der Waals surface area contributed by atoms with Crippen LogP contribution in [0, 0.1) is 5.92 Å². The van der Waals surface area contributed by atoms with Crippen LogP contribution in [0.15, 0.2) is 46.6 Å². The summed E-state index contributed by atoms with van der Waals surface area (Å²) >= 11 is 1.72. The Hall–Kier alpha value is -1.79. The van der Waals surface area contributed by atoms with Gasteiger partial charge in [0.1, 0.15) is 16.9 Å². The molecule has 0 N–H and O–H groups in total. The molecule has 2 aliphatic heterocycles. The molecule has 1 fully saturated rings.